The Morgan fingerprint density at radius 3 is 2.50 bits per heavy atom. The fourth-order valence-corrected chi connectivity index (χ4v) is 2.88. The summed E-state index contributed by atoms with van der Waals surface area (Å²) in [6.07, 6.45) is -1.82. The maximum absolute atomic E-state index is 13.0. The van der Waals surface area contributed by atoms with Crippen molar-refractivity contribution in [2.75, 3.05) is 11.9 Å². The highest BCUT2D eigenvalue weighted by atomic mass is 19.4. The number of amides is 4. The van der Waals surface area contributed by atoms with Gasteiger partial charge in [-0.15, -0.1) is 0 Å². The minimum Gasteiger partial charge on any atom is -0.324 e. The molecule has 0 unspecified atom stereocenters. The quantitative estimate of drug-likeness (QED) is 0.568. The number of hydrogen-bond acceptors (Lipinski definition) is 3. The molecule has 1 aromatic carbocycles. The molecule has 0 saturated carbocycles. The summed E-state index contributed by atoms with van der Waals surface area (Å²) in [5.74, 6) is -1.48. The molecule has 28 heavy (non-hydrogen) atoms. The molecule has 1 aliphatic heterocycles. The maximum atomic E-state index is 13.0. The summed E-state index contributed by atoms with van der Waals surface area (Å²) in [7, 11) is 0. The van der Waals surface area contributed by atoms with E-state index in [-0.39, 0.29) is 0 Å². The van der Waals surface area contributed by atoms with Gasteiger partial charge in [-0.2, -0.15) is 13.2 Å². The van der Waals surface area contributed by atoms with Gasteiger partial charge in [0.25, 0.3) is 5.91 Å². The zero-order chi connectivity index (χ0) is 21.1. The standard InChI is InChI=1S/C19H22F3N3O3/c1-12(2)7-6-10-18(3)16(27)25(17(28)24-18)11-15(26)23-14-9-5-4-8-13(14)19(20,21)22/h4-5,7-9H,6,10-11H2,1-3H3,(H,23,26)(H,24,28)/t18-/m1/s1. The van der Waals surface area contributed by atoms with E-state index in [2.05, 4.69) is 10.6 Å². The predicted molar refractivity (Wildman–Crippen MR) is 97.4 cm³/mol. The molecule has 1 aliphatic rings. The van der Waals surface area contributed by atoms with Gasteiger partial charge in [0.05, 0.1) is 11.3 Å². The van der Waals surface area contributed by atoms with Gasteiger partial charge >= 0.3 is 12.2 Å². The second-order valence-electron chi connectivity index (χ2n) is 7.07. The van der Waals surface area contributed by atoms with Crippen LogP contribution < -0.4 is 10.6 Å². The molecule has 0 spiro atoms. The fraction of sp³-hybridized carbons (Fsp3) is 0.421. The molecule has 0 aliphatic carbocycles. The van der Waals surface area contributed by atoms with E-state index in [4.69, 9.17) is 0 Å². The first-order valence-electron chi connectivity index (χ1n) is 8.67. The molecular weight excluding hydrogens is 375 g/mol. The summed E-state index contributed by atoms with van der Waals surface area (Å²) in [5.41, 5.74) is -1.53. The SMILES string of the molecule is CC(C)=CCC[C@@]1(C)NC(=O)N(CC(=O)Nc2ccccc2C(F)(F)F)C1=O. The number of carbonyl (C=O) groups excluding carboxylic acids is 3. The fourth-order valence-electron chi connectivity index (χ4n) is 2.88. The van der Waals surface area contributed by atoms with Crippen LogP contribution in [0.15, 0.2) is 35.9 Å². The summed E-state index contributed by atoms with van der Waals surface area (Å²) >= 11 is 0. The van der Waals surface area contributed by atoms with Crippen LogP contribution in [0.1, 0.15) is 39.2 Å². The minimum atomic E-state index is -4.64. The van der Waals surface area contributed by atoms with E-state index in [9.17, 15) is 27.6 Å². The van der Waals surface area contributed by atoms with Crippen LogP contribution >= 0.6 is 0 Å². The Bertz CT molecular complexity index is 816. The Balaban J connectivity index is 2.08. The molecule has 0 aromatic heterocycles. The first-order valence-corrected chi connectivity index (χ1v) is 8.67. The lowest BCUT2D eigenvalue weighted by molar-refractivity contribution is -0.137. The van der Waals surface area contributed by atoms with Crippen LogP contribution in [0.25, 0.3) is 0 Å². The average Bonchev–Trinajstić information content (AvgIpc) is 2.77. The van der Waals surface area contributed by atoms with E-state index in [1.807, 2.05) is 19.9 Å². The van der Waals surface area contributed by atoms with Gasteiger partial charge in [-0.25, -0.2) is 4.79 Å². The van der Waals surface area contributed by atoms with Crippen LogP contribution in [0.4, 0.5) is 23.7 Å². The molecule has 6 nitrogen and oxygen atoms in total. The molecule has 1 aromatic rings. The van der Waals surface area contributed by atoms with Crippen molar-refractivity contribution in [3.63, 3.8) is 0 Å². The number of nitrogens with one attached hydrogen (secondary N) is 2. The normalized spacial score (nSPS) is 19.4. The molecule has 0 bridgehead atoms. The third-order valence-corrected chi connectivity index (χ3v) is 4.35. The van der Waals surface area contributed by atoms with Gasteiger partial charge in [0.15, 0.2) is 0 Å². The molecule has 9 heteroatoms. The monoisotopic (exact) mass is 397 g/mol. The number of hydrogen-bond donors (Lipinski definition) is 2. The Labute approximate surface area is 160 Å². The predicted octanol–water partition coefficient (Wildman–Crippen LogP) is 3.70. The lowest BCUT2D eigenvalue weighted by atomic mass is 9.95. The summed E-state index contributed by atoms with van der Waals surface area (Å²) in [6, 6.07) is 3.75. The van der Waals surface area contributed by atoms with Crippen molar-refractivity contribution in [2.45, 2.75) is 45.3 Å². The Hall–Kier alpha value is -2.84. The highest BCUT2D eigenvalue weighted by Crippen LogP contribution is 2.34. The van der Waals surface area contributed by atoms with Gasteiger partial charge in [-0.05, 0) is 45.7 Å². The third-order valence-electron chi connectivity index (χ3n) is 4.35. The van der Waals surface area contributed by atoms with Crippen LogP contribution in [0, 0.1) is 0 Å². The topological polar surface area (TPSA) is 78.5 Å². The molecule has 1 fully saturated rings. The molecular formula is C19H22F3N3O3. The number of para-hydroxylation sites is 1. The van der Waals surface area contributed by atoms with Crippen LogP contribution in [0.3, 0.4) is 0 Å². The molecule has 152 valence electrons. The van der Waals surface area contributed by atoms with Crippen LogP contribution in [-0.2, 0) is 15.8 Å². The summed E-state index contributed by atoms with van der Waals surface area (Å²) < 4.78 is 39.1. The number of alkyl halides is 3. The molecule has 1 saturated heterocycles. The van der Waals surface area contributed by atoms with Gasteiger partial charge in [0.1, 0.15) is 12.1 Å². The van der Waals surface area contributed by atoms with E-state index < -0.39 is 47.4 Å². The first kappa shape index (κ1) is 21.5. The van der Waals surface area contributed by atoms with E-state index in [0.717, 1.165) is 17.7 Å². The van der Waals surface area contributed by atoms with Crippen molar-refractivity contribution in [3.05, 3.63) is 41.5 Å². The van der Waals surface area contributed by atoms with Crippen molar-refractivity contribution < 1.29 is 27.6 Å². The van der Waals surface area contributed by atoms with E-state index in [0.29, 0.717) is 17.7 Å². The van der Waals surface area contributed by atoms with Gasteiger partial charge in [0.2, 0.25) is 5.91 Å². The van der Waals surface area contributed by atoms with Crippen molar-refractivity contribution in [1.82, 2.24) is 10.2 Å². The number of imide groups is 1. The number of urea groups is 1. The van der Waals surface area contributed by atoms with Crippen LogP contribution in [0.5, 0.6) is 0 Å². The van der Waals surface area contributed by atoms with Crippen molar-refractivity contribution >= 4 is 23.5 Å². The smallest absolute Gasteiger partial charge is 0.324 e. The molecule has 2 N–H and O–H groups in total. The lowest BCUT2D eigenvalue weighted by Gasteiger charge is -2.21. The Kier molecular flexibility index (Phi) is 6.16. The van der Waals surface area contributed by atoms with E-state index >= 15 is 0 Å². The van der Waals surface area contributed by atoms with Gasteiger partial charge in [-0.1, -0.05) is 23.8 Å². The molecule has 1 atom stereocenters. The van der Waals surface area contributed by atoms with Crippen LogP contribution in [0.2, 0.25) is 0 Å². The van der Waals surface area contributed by atoms with E-state index in [1.165, 1.54) is 12.1 Å². The number of anilines is 1. The number of rotatable bonds is 6. The summed E-state index contributed by atoms with van der Waals surface area (Å²) in [4.78, 5) is 37.6. The van der Waals surface area contributed by atoms with Crippen molar-refractivity contribution in [1.29, 1.82) is 0 Å². The van der Waals surface area contributed by atoms with Crippen molar-refractivity contribution in [2.24, 2.45) is 0 Å². The largest absolute Gasteiger partial charge is 0.418 e. The van der Waals surface area contributed by atoms with Gasteiger partial charge < -0.3 is 10.6 Å². The lowest BCUT2D eigenvalue weighted by Crippen LogP contribution is -2.44. The Morgan fingerprint density at radius 1 is 1.25 bits per heavy atom. The summed E-state index contributed by atoms with van der Waals surface area (Å²) in [5, 5.41) is 4.69. The number of nitrogens with zero attached hydrogens (tertiary/aromatic N) is 1. The molecule has 0 radical (unpaired) electrons. The Morgan fingerprint density at radius 2 is 1.89 bits per heavy atom. The second-order valence-corrected chi connectivity index (χ2v) is 7.07. The van der Waals surface area contributed by atoms with E-state index in [1.54, 1.807) is 6.92 Å². The maximum Gasteiger partial charge on any atom is 0.418 e. The van der Waals surface area contributed by atoms with Crippen molar-refractivity contribution in [3.8, 4) is 0 Å². The van der Waals surface area contributed by atoms with Crippen LogP contribution in [-0.4, -0.2) is 34.8 Å². The molecule has 1 heterocycles. The molecule has 2 rings (SSSR count). The zero-order valence-corrected chi connectivity index (χ0v) is 15.8. The van der Waals surface area contributed by atoms with Gasteiger partial charge in [0, 0.05) is 0 Å². The van der Waals surface area contributed by atoms with Gasteiger partial charge in [-0.3, -0.25) is 14.5 Å². The second kappa shape index (κ2) is 8.04. The molecule has 4 amide bonds. The average molecular weight is 397 g/mol. The highest BCUT2D eigenvalue weighted by molar-refractivity contribution is 6.10. The zero-order valence-electron chi connectivity index (χ0n) is 15.8. The number of allylic oxidation sites excluding steroid dienone is 2. The number of benzene rings is 1. The number of carbonyl (C=O) groups is 3. The number of halogens is 3. The highest BCUT2D eigenvalue weighted by Gasteiger charge is 2.47. The first-order chi connectivity index (χ1) is 12.9. The summed E-state index contributed by atoms with van der Waals surface area (Å²) in [6.45, 7) is 4.71. The minimum absolute atomic E-state index is 0.345. The third kappa shape index (κ3) is 4.90.